The van der Waals surface area contributed by atoms with Gasteiger partial charge in [-0.05, 0) is 49.4 Å². The molecule has 0 bridgehead atoms. The highest BCUT2D eigenvalue weighted by molar-refractivity contribution is 7.89. The van der Waals surface area contributed by atoms with Crippen molar-refractivity contribution < 1.29 is 17.6 Å². The number of hydrogen-bond donors (Lipinski definition) is 1. The van der Waals surface area contributed by atoms with E-state index in [0.717, 1.165) is 31.4 Å². The van der Waals surface area contributed by atoms with Crippen LogP contribution in [0.25, 0.3) is 0 Å². The summed E-state index contributed by atoms with van der Waals surface area (Å²) >= 11 is 0. The molecule has 2 aliphatic rings. The Bertz CT molecular complexity index is 754. The Hall–Kier alpha value is -1.67. The van der Waals surface area contributed by atoms with Crippen molar-refractivity contribution in [3.05, 3.63) is 30.1 Å². The summed E-state index contributed by atoms with van der Waals surface area (Å²) in [5.74, 6) is 0.00892. The quantitative estimate of drug-likeness (QED) is 0.853. The third-order valence-electron chi connectivity index (χ3n) is 5.61. The van der Waals surface area contributed by atoms with E-state index in [4.69, 9.17) is 0 Å². The monoisotopic (exact) mass is 397 g/mol. The van der Waals surface area contributed by atoms with Crippen LogP contribution in [0.2, 0.25) is 0 Å². The predicted octanol–water partition coefficient (Wildman–Crippen LogP) is 2.81. The second kappa shape index (κ2) is 8.56. The van der Waals surface area contributed by atoms with Crippen molar-refractivity contribution in [2.45, 2.75) is 50.0 Å². The SMILES string of the molecule is CC1CCCCC1NC(=O)N1CCCN(S(=O)(=O)c2ccc(F)cc2)CC1. The first-order chi connectivity index (χ1) is 12.9. The maximum atomic E-state index is 13.1. The van der Waals surface area contributed by atoms with E-state index in [1.54, 1.807) is 4.90 Å². The Morgan fingerprint density at radius 1 is 1.04 bits per heavy atom. The number of benzene rings is 1. The molecule has 1 saturated heterocycles. The molecule has 2 fully saturated rings. The molecular formula is C19H28FN3O3S. The molecule has 0 spiro atoms. The molecule has 1 aliphatic heterocycles. The lowest BCUT2D eigenvalue weighted by molar-refractivity contribution is 0.184. The minimum Gasteiger partial charge on any atom is -0.335 e. The van der Waals surface area contributed by atoms with Gasteiger partial charge in [-0.1, -0.05) is 19.8 Å². The lowest BCUT2D eigenvalue weighted by atomic mass is 9.86. The summed E-state index contributed by atoms with van der Waals surface area (Å²) in [6, 6.07) is 4.96. The van der Waals surface area contributed by atoms with Crippen LogP contribution in [0.15, 0.2) is 29.2 Å². The second-order valence-corrected chi connectivity index (χ2v) is 9.45. The summed E-state index contributed by atoms with van der Waals surface area (Å²) in [5, 5.41) is 3.13. The van der Waals surface area contributed by atoms with Crippen LogP contribution < -0.4 is 5.32 Å². The fourth-order valence-corrected chi connectivity index (χ4v) is 5.34. The van der Waals surface area contributed by atoms with E-state index in [1.807, 2.05) is 0 Å². The van der Waals surface area contributed by atoms with Gasteiger partial charge in [0.1, 0.15) is 5.82 Å². The third-order valence-corrected chi connectivity index (χ3v) is 7.53. The standard InChI is InChI=1S/C19H28FN3O3S/c1-15-5-2-3-6-18(15)21-19(24)22-11-4-12-23(14-13-22)27(25,26)17-9-7-16(20)8-10-17/h7-10,15,18H,2-6,11-14H2,1H3,(H,21,24). The zero-order chi connectivity index (χ0) is 19.4. The Kier molecular flexibility index (Phi) is 6.37. The van der Waals surface area contributed by atoms with Crippen LogP contribution in [-0.4, -0.2) is 55.9 Å². The first-order valence-corrected chi connectivity index (χ1v) is 11.1. The third kappa shape index (κ3) is 4.79. The first-order valence-electron chi connectivity index (χ1n) is 9.69. The number of halogens is 1. The van der Waals surface area contributed by atoms with E-state index in [2.05, 4.69) is 12.2 Å². The van der Waals surface area contributed by atoms with Gasteiger partial charge in [0.05, 0.1) is 4.90 Å². The zero-order valence-corrected chi connectivity index (χ0v) is 16.5. The number of sulfonamides is 1. The van der Waals surface area contributed by atoms with Crippen molar-refractivity contribution in [1.29, 1.82) is 0 Å². The van der Waals surface area contributed by atoms with Gasteiger partial charge in [-0.3, -0.25) is 0 Å². The highest BCUT2D eigenvalue weighted by atomic mass is 32.2. The molecule has 8 heteroatoms. The number of amides is 2. The van der Waals surface area contributed by atoms with E-state index in [0.29, 0.717) is 32.0 Å². The molecule has 2 amide bonds. The molecule has 1 saturated carbocycles. The highest BCUT2D eigenvalue weighted by Crippen LogP contribution is 2.24. The van der Waals surface area contributed by atoms with Crippen molar-refractivity contribution >= 4 is 16.1 Å². The van der Waals surface area contributed by atoms with Crippen molar-refractivity contribution in [2.24, 2.45) is 5.92 Å². The lowest BCUT2D eigenvalue weighted by Gasteiger charge is -2.32. The molecule has 1 aromatic rings. The minimum absolute atomic E-state index is 0.0813. The number of nitrogens with zero attached hydrogens (tertiary/aromatic N) is 2. The number of hydrogen-bond acceptors (Lipinski definition) is 3. The summed E-state index contributed by atoms with van der Waals surface area (Å²) < 4.78 is 40.0. The maximum Gasteiger partial charge on any atom is 0.317 e. The summed E-state index contributed by atoms with van der Waals surface area (Å²) in [6.45, 7) is 3.65. The van der Waals surface area contributed by atoms with Crippen LogP contribution in [0.3, 0.4) is 0 Å². The van der Waals surface area contributed by atoms with Crippen LogP contribution in [-0.2, 0) is 10.0 Å². The van der Waals surface area contributed by atoms with Crippen molar-refractivity contribution in [3.63, 3.8) is 0 Å². The average Bonchev–Trinajstić information content (AvgIpc) is 2.91. The van der Waals surface area contributed by atoms with Crippen LogP contribution in [0.1, 0.15) is 39.0 Å². The molecule has 0 radical (unpaired) electrons. The van der Waals surface area contributed by atoms with Crippen molar-refractivity contribution in [3.8, 4) is 0 Å². The number of nitrogens with one attached hydrogen (secondary N) is 1. The lowest BCUT2D eigenvalue weighted by Crippen LogP contribution is -2.49. The summed E-state index contributed by atoms with van der Waals surface area (Å²) in [4.78, 5) is 14.4. The van der Waals surface area contributed by atoms with Crippen molar-refractivity contribution in [2.75, 3.05) is 26.2 Å². The van der Waals surface area contributed by atoms with Gasteiger partial charge >= 0.3 is 6.03 Å². The van der Waals surface area contributed by atoms with Crippen LogP contribution >= 0.6 is 0 Å². The molecule has 1 aromatic carbocycles. The van der Waals surface area contributed by atoms with Crippen LogP contribution in [0.5, 0.6) is 0 Å². The molecule has 0 aromatic heterocycles. The molecule has 2 atom stereocenters. The molecule has 27 heavy (non-hydrogen) atoms. The van der Waals surface area contributed by atoms with Crippen LogP contribution in [0, 0.1) is 11.7 Å². The highest BCUT2D eigenvalue weighted by Gasteiger charge is 2.30. The van der Waals surface area contributed by atoms with E-state index in [1.165, 1.54) is 22.9 Å². The number of carbonyl (C=O) groups is 1. The van der Waals surface area contributed by atoms with E-state index < -0.39 is 15.8 Å². The Balaban J connectivity index is 1.61. The number of carbonyl (C=O) groups excluding carboxylic acids is 1. The normalized spacial score (nSPS) is 25.0. The maximum absolute atomic E-state index is 13.1. The molecule has 6 nitrogen and oxygen atoms in total. The van der Waals surface area contributed by atoms with E-state index >= 15 is 0 Å². The Morgan fingerprint density at radius 2 is 1.74 bits per heavy atom. The minimum atomic E-state index is -3.68. The topological polar surface area (TPSA) is 69.7 Å². The van der Waals surface area contributed by atoms with Gasteiger partial charge in [-0.2, -0.15) is 4.31 Å². The van der Waals surface area contributed by atoms with Gasteiger partial charge in [-0.15, -0.1) is 0 Å². The molecule has 150 valence electrons. The van der Waals surface area contributed by atoms with Gasteiger partial charge in [0.25, 0.3) is 0 Å². The molecule has 1 N–H and O–H groups in total. The largest absolute Gasteiger partial charge is 0.335 e. The fourth-order valence-electron chi connectivity index (χ4n) is 3.87. The van der Waals surface area contributed by atoms with Gasteiger partial charge in [0.2, 0.25) is 10.0 Å². The fraction of sp³-hybridized carbons (Fsp3) is 0.632. The van der Waals surface area contributed by atoms with E-state index in [9.17, 15) is 17.6 Å². The Morgan fingerprint density at radius 3 is 2.44 bits per heavy atom. The van der Waals surface area contributed by atoms with Crippen molar-refractivity contribution in [1.82, 2.24) is 14.5 Å². The van der Waals surface area contributed by atoms with Gasteiger partial charge in [0.15, 0.2) is 0 Å². The summed E-state index contributed by atoms with van der Waals surface area (Å²) in [5.41, 5.74) is 0. The predicted molar refractivity (Wildman–Crippen MR) is 101 cm³/mol. The number of urea groups is 1. The molecule has 1 aliphatic carbocycles. The molecular weight excluding hydrogens is 369 g/mol. The van der Waals surface area contributed by atoms with Gasteiger partial charge < -0.3 is 10.2 Å². The van der Waals surface area contributed by atoms with E-state index in [-0.39, 0.29) is 23.5 Å². The van der Waals surface area contributed by atoms with Crippen LogP contribution in [0.4, 0.5) is 9.18 Å². The average molecular weight is 398 g/mol. The first kappa shape index (κ1) is 20.1. The van der Waals surface area contributed by atoms with Gasteiger partial charge in [-0.25, -0.2) is 17.6 Å². The van der Waals surface area contributed by atoms with Gasteiger partial charge in [0, 0.05) is 32.2 Å². The number of rotatable bonds is 3. The molecule has 1 heterocycles. The second-order valence-electron chi connectivity index (χ2n) is 7.52. The molecule has 2 unspecified atom stereocenters. The summed E-state index contributed by atoms with van der Waals surface area (Å²) in [6.07, 6.45) is 5.07. The zero-order valence-electron chi connectivity index (χ0n) is 15.7. The molecule has 3 rings (SSSR count). The smallest absolute Gasteiger partial charge is 0.317 e. The Labute approximate surface area is 160 Å². The summed E-state index contributed by atoms with van der Waals surface area (Å²) in [7, 11) is -3.68.